The van der Waals surface area contributed by atoms with Crippen LogP contribution in [0, 0.1) is 26.7 Å². The van der Waals surface area contributed by atoms with Gasteiger partial charge in [0.2, 0.25) is 0 Å². The van der Waals surface area contributed by atoms with Crippen LogP contribution in [0.5, 0.6) is 0 Å². The lowest BCUT2D eigenvalue weighted by Crippen LogP contribution is -2.42. The number of pyridine rings is 1. The second-order valence-electron chi connectivity index (χ2n) is 9.08. The molecule has 0 radical (unpaired) electrons. The number of hydrogen-bond donors (Lipinski definition) is 2. The first-order valence-corrected chi connectivity index (χ1v) is 12.1. The predicted octanol–water partition coefficient (Wildman–Crippen LogP) is 4.63. The molecule has 0 bridgehead atoms. The number of ether oxygens (including phenoxy) is 1. The molecule has 1 aliphatic rings. The second-order valence-corrected chi connectivity index (χ2v) is 9.94. The maximum atomic E-state index is 13.1. The second kappa shape index (κ2) is 10.7. The zero-order valence-corrected chi connectivity index (χ0v) is 21.3. The number of aromatic amines is 1. The van der Waals surface area contributed by atoms with Crippen molar-refractivity contribution in [1.82, 2.24) is 10.3 Å². The van der Waals surface area contributed by atoms with Crippen LogP contribution in [-0.4, -0.2) is 36.7 Å². The number of nitrogens with one attached hydrogen (secondary N) is 2. The molecule has 2 aromatic rings. The van der Waals surface area contributed by atoms with Gasteiger partial charge in [-0.1, -0.05) is 13.8 Å². The molecule has 7 heteroatoms. The van der Waals surface area contributed by atoms with E-state index in [0.29, 0.717) is 23.1 Å². The van der Waals surface area contributed by atoms with Crippen molar-refractivity contribution in [3.63, 3.8) is 0 Å². The third-order valence-corrected chi connectivity index (χ3v) is 6.67. The molecule has 0 atom stereocenters. The van der Waals surface area contributed by atoms with E-state index in [0.717, 1.165) is 59.6 Å². The summed E-state index contributed by atoms with van der Waals surface area (Å²) in [6, 6.07) is 6.10. The average Bonchev–Trinajstić information content (AvgIpc) is 2.72. The molecule has 0 aliphatic carbocycles. The van der Waals surface area contributed by atoms with Gasteiger partial charge in [-0.05, 0) is 84.8 Å². The minimum Gasteiger partial charge on any atom is -0.381 e. The first kappa shape index (κ1) is 24.5. The summed E-state index contributed by atoms with van der Waals surface area (Å²) in [5.74, 6) is 0.310. The molecular formula is C25H34BrN3O3. The van der Waals surface area contributed by atoms with Gasteiger partial charge in [0.05, 0.1) is 5.69 Å². The van der Waals surface area contributed by atoms with Crippen molar-refractivity contribution < 1.29 is 9.53 Å². The van der Waals surface area contributed by atoms with Crippen LogP contribution >= 0.6 is 15.9 Å². The Kier molecular flexibility index (Phi) is 8.17. The van der Waals surface area contributed by atoms with Crippen LogP contribution in [0.4, 0.5) is 5.69 Å². The summed E-state index contributed by atoms with van der Waals surface area (Å²) in [6.07, 6.45) is 1.95. The Labute approximate surface area is 198 Å². The predicted molar refractivity (Wildman–Crippen MR) is 133 cm³/mol. The molecule has 174 valence electrons. The van der Waals surface area contributed by atoms with Gasteiger partial charge in [0.1, 0.15) is 0 Å². The summed E-state index contributed by atoms with van der Waals surface area (Å²) < 4.78 is 6.57. The number of H-pyrrole nitrogens is 1. The highest BCUT2D eigenvalue weighted by atomic mass is 79.9. The number of carbonyl (C=O) groups excluding carboxylic acids is 1. The van der Waals surface area contributed by atoms with Gasteiger partial charge in [0, 0.05) is 53.6 Å². The number of benzene rings is 1. The first-order valence-electron chi connectivity index (χ1n) is 11.3. The number of halogens is 1. The van der Waals surface area contributed by atoms with Gasteiger partial charge < -0.3 is 19.9 Å². The van der Waals surface area contributed by atoms with Crippen LogP contribution in [0.3, 0.4) is 0 Å². The quantitative estimate of drug-likeness (QED) is 0.577. The van der Waals surface area contributed by atoms with Gasteiger partial charge in [0.25, 0.3) is 11.5 Å². The van der Waals surface area contributed by atoms with Crippen molar-refractivity contribution in [3.8, 4) is 0 Å². The molecule has 0 spiro atoms. The maximum Gasteiger partial charge on any atom is 0.253 e. The van der Waals surface area contributed by atoms with Gasteiger partial charge >= 0.3 is 0 Å². The molecular weight excluding hydrogens is 470 g/mol. The lowest BCUT2D eigenvalue weighted by molar-refractivity contribution is 0.0838. The van der Waals surface area contributed by atoms with Gasteiger partial charge in [-0.15, -0.1) is 0 Å². The van der Waals surface area contributed by atoms with Crippen molar-refractivity contribution in [2.75, 3.05) is 24.7 Å². The van der Waals surface area contributed by atoms with E-state index in [1.54, 1.807) is 0 Å². The summed E-state index contributed by atoms with van der Waals surface area (Å²) >= 11 is 3.74. The van der Waals surface area contributed by atoms with E-state index in [9.17, 15) is 9.59 Å². The van der Waals surface area contributed by atoms with E-state index in [2.05, 4.69) is 45.0 Å². The molecule has 1 aromatic carbocycles. The fourth-order valence-corrected chi connectivity index (χ4v) is 5.10. The minimum atomic E-state index is -0.174. The van der Waals surface area contributed by atoms with Crippen molar-refractivity contribution >= 4 is 27.5 Å². The molecule has 1 amide bonds. The standard InChI is InChI=1S/C25H34BrN3O3/c1-15(2)14-29(19-8-10-32-11-9-19)23-18(5)20(6-7-22(23)26)24(30)27-13-21-16(3)12-17(4)28-25(21)31/h6-7,12,15,19H,8-11,13-14H2,1-5H3,(H,27,30)(H,28,31). The summed E-state index contributed by atoms with van der Waals surface area (Å²) in [7, 11) is 0. The van der Waals surface area contributed by atoms with Crippen LogP contribution in [0.2, 0.25) is 0 Å². The summed E-state index contributed by atoms with van der Waals surface area (Å²) in [4.78, 5) is 30.7. The average molecular weight is 504 g/mol. The van der Waals surface area contributed by atoms with Crippen LogP contribution in [0.25, 0.3) is 0 Å². The molecule has 1 saturated heterocycles. The number of amides is 1. The van der Waals surface area contributed by atoms with E-state index >= 15 is 0 Å². The third-order valence-electron chi connectivity index (χ3n) is 6.03. The van der Waals surface area contributed by atoms with Crippen LogP contribution in [-0.2, 0) is 11.3 Å². The van der Waals surface area contributed by atoms with E-state index in [1.165, 1.54) is 0 Å². The normalized spacial score (nSPS) is 14.6. The number of rotatable bonds is 7. The Bertz CT molecular complexity index is 1030. The van der Waals surface area contributed by atoms with Crippen LogP contribution in [0.15, 0.2) is 27.5 Å². The number of hydrogen-bond acceptors (Lipinski definition) is 4. The van der Waals surface area contributed by atoms with Crippen molar-refractivity contribution in [2.24, 2.45) is 5.92 Å². The third kappa shape index (κ3) is 5.62. The molecule has 2 heterocycles. The summed E-state index contributed by atoms with van der Waals surface area (Å²) in [5, 5.41) is 2.95. The molecule has 1 fully saturated rings. The molecule has 1 aliphatic heterocycles. The molecule has 6 nitrogen and oxygen atoms in total. The summed E-state index contributed by atoms with van der Waals surface area (Å²) in [5.41, 5.74) is 4.77. The van der Waals surface area contributed by atoms with Crippen molar-refractivity contribution in [3.05, 3.63) is 61.0 Å². The Balaban J connectivity index is 1.89. The number of aromatic nitrogens is 1. The molecule has 32 heavy (non-hydrogen) atoms. The maximum absolute atomic E-state index is 13.1. The van der Waals surface area contributed by atoms with Gasteiger partial charge in [-0.2, -0.15) is 0 Å². The van der Waals surface area contributed by atoms with Gasteiger partial charge in [-0.3, -0.25) is 9.59 Å². The minimum absolute atomic E-state index is 0.154. The Hall–Kier alpha value is -2.12. The number of carbonyl (C=O) groups is 1. The van der Waals surface area contributed by atoms with E-state index < -0.39 is 0 Å². The number of aryl methyl sites for hydroxylation is 2. The highest BCUT2D eigenvalue weighted by Crippen LogP contribution is 2.36. The molecule has 2 N–H and O–H groups in total. The lowest BCUT2D eigenvalue weighted by atomic mass is 9.99. The smallest absolute Gasteiger partial charge is 0.253 e. The van der Waals surface area contributed by atoms with E-state index in [-0.39, 0.29) is 18.0 Å². The highest BCUT2D eigenvalue weighted by Gasteiger charge is 2.27. The highest BCUT2D eigenvalue weighted by molar-refractivity contribution is 9.10. The number of anilines is 1. The largest absolute Gasteiger partial charge is 0.381 e. The van der Waals surface area contributed by atoms with E-state index in [1.807, 2.05) is 39.0 Å². The van der Waals surface area contributed by atoms with Crippen LogP contribution in [0.1, 0.15) is 59.4 Å². The monoisotopic (exact) mass is 503 g/mol. The fourth-order valence-electron chi connectivity index (χ4n) is 4.44. The van der Waals surface area contributed by atoms with Crippen LogP contribution < -0.4 is 15.8 Å². The molecule has 0 saturated carbocycles. The lowest BCUT2D eigenvalue weighted by Gasteiger charge is -2.39. The Morgan fingerprint density at radius 2 is 1.94 bits per heavy atom. The van der Waals surface area contributed by atoms with Gasteiger partial charge in [-0.25, -0.2) is 0 Å². The van der Waals surface area contributed by atoms with E-state index in [4.69, 9.17) is 4.74 Å². The van der Waals surface area contributed by atoms with Gasteiger partial charge in [0.15, 0.2) is 0 Å². The topological polar surface area (TPSA) is 74.4 Å². The Morgan fingerprint density at radius 3 is 2.56 bits per heavy atom. The SMILES string of the molecule is Cc1cc(C)c(CNC(=O)c2ccc(Br)c(N(CC(C)C)C3CCOCC3)c2C)c(=O)[nH]1. The molecule has 0 unspecified atom stereocenters. The van der Waals surface area contributed by atoms with Crippen molar-refractivity contribution in [2.45, 2.75) is 60.0 Å². The molecule has 3 rings (SSSR count). The Morgan fingerprint density at radius 1 is 1.25 bits per heavy atom. The first-order chi connectivity index (χ1) is 15.2. The number of nitrogens with zero attached hydrogens (tertiary/aromatic N) is 1. The zero-order valence-electron chi connectivity index (χ0n) is 19.7. The zero-order chi connectivity index (χ0) is 23.4. The van der Waals surface area contributed by atoms with Crippen molar-refractivity contribution in [1.29, 1.82) is 0 Å². The molecule has 1 aromatic heterocycles. The summed E-state index contributed by atoms with van der Waals surface area (Å²) in [6.45, 7) is 12.8. The fraction of sp³-hybridized carbons (Fsp3) is 0.520.